The van der Waals surface area contributed by atoms with E-state index in [4.69, 9.17) is 4.74 Å². The van der Waals surface area contributed by atoms with Crippen molar-refractivity contribution in [3.8, 4) is 0 Å². The van der Waals surface area contributed by atoms with Crippen LogP contribution < -0.4 is 0 Å². The molecule has 2 rings (SSSR count). The molecular formula is C13H16F2O2. The first kappa shape index (κ1) is 12.5. The Morgan fingerprint density at radius 3 is 2.29 bits per heavy atom. The summed E-state index contributed by atoms with van der Waals surface area (Å²) < 4.78 is 32.1. The summed E-state index contributed by atoms with van der Waals surface area (Å²) in [6.07, 6.45) is 2.64. The highest BCUT2D eigenvalue weighted by molar-refractivity contribution is 5.18. The maximum absolute atomic E-state index is 13.3. The molecule has 1 aromatic carbocycles. The lowest BCUT2D eigenvalue weighted by Crippen LogP contribution is -2.24. The summed E-state index contributed by atoms with van der Waals surface area (Å²) in [5.41, 5.74) is -0.0152. The van der Waals surface area contributed by atoms with E-state index in [1.54, 1.807) is 0 Å². The molecule has 1 N–H and O–H groups in total. The molecule has 0 aliphatic heterocycles. The minimum atomic E-state index is -0.569. The fourth-order valence-electron chi connectivity index (χ4n) is 2.08. The van der Waals surface area contributed by atoms with Crippen LogP contribution in [-0.2, 0) is 11.3 Å². The van der Waals surface area contributed by atoms with Gasteiger partial charge in [0.15, 0.2) is 0 Å². The molecule has 94 valence electrons. The van der Waals surface area contributed by atoms with E-state index in [1.807, 2.05) is 0 Å². The van der Waals surface area contributed by atoms with Gasteiger partial charge in [0.25, 0.3) is 0 Å². The molecule has 1 aromatic rings. The average Bonchev–Trinajstić information content (AvgIpc) is 2.31. The lowest BCUT2D eigenvalue weighted by Gasteiger charge is -2.25. The quantitative estimate of drug-likeness (QED) is 0.883. The second-order valence-electron chi connectivity index (χ2n) is 4.44. The van der Waals surface area contributed by atoms with Crippen molar-refractivity contribution in [3.63, 3.8) is 0 Å². The van der Waals surface area contributed by atoms with E-state index in [0.717, 1.165) is 12.8 Å². The van der Waals surface area contributed by atoms with Crippen molar-refractivity contribution in [2.45, 2.75) is 44.5 Å². The number of halogens is 2. The Morgan fingerprint density at radius 2 is 1.71 bits per heavy atom. The highest BCUT2D eigenvalue weighted by atomic mass is 19.1. The van der Waals surface area contributed by atoms with Gasteiger partial charge >= 0.3 is 0 Å². The number of hydrogen-bond acceptors (Lipinski definition) is 2. The average molecular weight is 242 g/mol. The molecule has 0 aromatic heterocycles. The Balaban J connectivity index is 1.89. The summed E-state index contributed by atoms with van der Waals surface area (Å²) in [5, 5.41) is 9.32. The molecule has 1 fully saturated rings. The van der Waals surface area contributed by atoms with Gasteiger partial charge in [-0.3, -0.25) is 0 Å². The minimum absolute atomic E-state index is 0.00240. The first-order valence-corrected chi connectivity index (χ1v) is 5.89. The number of benzene rings is 1. The second kappa shape index (κ2) is 5.56. The van der Waals surface area contributed by atoms with Crippen molar-refractivity contribution in [1.82, 2.24) is 0 Å². The van der Waals surface area contributed by atoms with Crippen molar-refractivity contribution < 1.29 is 18.6 Å². The zero-order chi connectivity index (χ0) is 12.3. The summed E-state index contributed by atoms with van der Waals surface area (Å²) in [6.45, 7) is -0.0424. The zero-order valence-electron chi connectivity index (χ0n) is 9.53. The summed E-state index contributed by atoms with van der Waals surface area (Å²) in [4.78, 5) is 0. The van der Waals surface area contributed by atoms with Gasteiger partial charge in [-0.15, -0.1) is 0 Å². The maximum atomic E-state index is 13.3. The molecule has 0 radical (unpaired) electrons. The molecule has 0 saturated heterocycles. The second-order valence-corrected chi connectivity index (χ2v) is 4.44. The van der Waals surface area contributed by atoms with Gasteiger partial charge in [-0.05, 0) is 37.8 Å². The van der Waals surface area contributed by atoms with Crippen LogP contribution in [-0.4, -0.2) is 17.3 Å². The van der Waals surface area contributed by atoms with Crippen LogP contribution in [0.2, 0.25) is 0 Å². The van der Waals surface area contributed by atoms with Crippen LogP contribution in [0.4, 0.5) is 8.78 Å². The Kier molecular flexibility index (Phi) is 4.07. The summed E-state index contributed by atoms with van der Waals surface area (Å²) in [5.74, 6) is -1.14. The van der Waals surface area contributed by atoms with E-state index < -0.39 is 11.6 Å². The van der Waals surface area contributed by atoms with Gasteiger partial charge in [-0.25, -0.2) is 8.78 Å². The summed E-state index contributed by atoms with van der Waals surface area (Å²) in [6, 6.07) is 3.80. The first-order valence-electron chi connectivity index (χ1n) is 5.89. The minimum Gasteiger partial charge on any atom is -0.393 e. The molecule has 0 amide bonds. The summed E-state index contributed by atoms with van der Waals surface area (Å²) >= 11 is 0. The third-order valence-corrected chi connectivity index (χ3v) is 3.17. The lowest BCUT2D eigenvalue weighted by molar-refractivity contribution is -0.0136. The van der Waals surface area contributed by atoms with Crippen LogP contribution in [0, 0.1) is 11.6 Å². The molecule has 0 heterocycles. The van der Waals surface area contributed by atoms with Gasteiger partial charge in [-0.1, -0.05) is 6.07 Å². The third-order valence-electron chi connectivity index (χ3n) is 3.17. The Bertz CT molecular complexity index is 353. The molecule has 1 aliphatic carbocycles. The monoisotopic (exact) mass is 242 g/mol. The Morgan fingerprint density at radius 1 is 1.12 bits per heavy atom. The molecule has 0 spiro atoms. The van der Waals surface area contributed by atoms with Crippen molar-refractivity contribution in [2.24, 2.45) is 0 Å². The van der Waals surface area contributed by atoms with Crippen LogP contribution in [0.15, 0.2) is 18.2 Å². The molecular weight excluding hydrogens is 226 g/mol. The van der Waals surface area contributed by atoms with Crippen molar-refractivity contribution >= 4 is 0 Å². The van der Waals surface area contributed by atoms with E-state index in [9.17, 15) is 13.9 Å². The first-order chi connectivity index (χ1) is 8.16. The van der Waals surface area contributed by atoms with Gasteiger partial charge in [0.05, 0.1) is 18.8 Å². The van der Waals surface area contributed by atoms with Gasteiger partial charge in [0.1, 0.15) is 11.6 Å². The van der Waals surface area contributed by atoms with Crippen LogP contribution in [0.5, 0.6) is 0 Å². The normalized spacial score (nSPS) is 24.9. The van der Waals surface area contributed by atoms with Crippen LogP contribution >= 0.6 is 0 Å². The molecule has 1 aliphatic rings. The molecule has 17 heavy (non-hydrogen) atoms. The van der Waals surface area contributed by atoms with E-state index in [0.29, 0.717) is 12.8 Å². The fourth-order valence-corrected chi connectivity index (χ4v) is 2.08. The fraction of sp³-hybridized carbons (Fsp3) is 0.538. The predicted molar refractivity (Wildman–Crippen MR) is 59.4 cm³/mol. The zero-order valence-corrected chi connectivity index (χ0v) is 9.53. The van der Waals surface area contributed by atoms with Crippen molar-refractivity contribution in [2.75, 3.05) is 0 Å². The molecule has 0 unspecified atom stereocenters. The number of aliphatic hydroxyl groups excluding tert-OH is 1. The summed E-state index contributed by atoms with van der Waals surface area (Å²) in [7, 11) is 0. The maximum Gasteiger partial charge on any atom is 0.131 e. The van der Waals surface area contributed by atoms with Gasteiger partial charge in [-0.2, -0.15) is 0 Å². The number of aliphatic hydroxyl groups is 1. The van der Waals surface area contributed by atoms with E-state index in [2.05, 4.69) is 0 Å². The van der Waals surface area contributed by atoms with Crippen LogP contribution in [0.3, 0.4) is 0 Å². The third kappa shape index (κ3) is 3.23. The highest BCUT2D eigenvalue weighted by Gasteiger charge is 2.20. The highest BCUT2D eigenvalue weighted by Crippen LogP contribution is 2.23. The number of ether oxygens (including phenoxy) is 1. The van der Waals surface area contributed by atoms with Gasteiger partial charge in [0, 0.05) is 5.56 Å². The largest absolute Gasteiger partial charge is 0.393 e. The predicted octanol–water partition coefficient (Wildman–Crippen LogP) is 2.78. The molecule has 0 bridgehead atoms. The molecule has 0 atom stereocenters. The van der Waals surface area contributed by atoms with Crippen LogP contribution in [0.25, 0.3) is 0 Å². The van der Waals surface area contributed by atoms with Gasteiger partial charge in [0.2, 0.25) is 0 Å². The smallest absolute Gasteiger partial charge is 0.131 e. The van der Waals surface area contributed by atoms with E-state index in [-0.39, 0.29) is 24.4 Å². The molecule has 1 saturated carbocycles. The Hall–Kier alpha value is -1.00. The van der Waals surface area contributed by atoms with Crippen molar-refractivity contribution in [3.05, 3.63) is 35.4 Å². The topological polar surface area (TPSA) is 29.5 Å². The lowest BCUT2D eigenvalue weighted by atomic mass is 9.95. The molecule has 2 nitrogen and oxygen atoms in total. The van der Waals surface area contributed by atoms with Crippen molar-refractivity contribution in [1.29, 1.82) is 0 Å². The Labute approximate surface area is 99.2 Å². The van der Waals surface area contributed by atoms with E-state index in [1.165, 1.54) is 18.2 Å². The van der Waals surface area contributed by atoms with Gasteiger partial charge < -0.3 is 9.84 Å². The van der Waals surface area contributed by atoms with E-state index >= 15 is 0 Å². The number of hydrogen-bond donors (Lipinski definition) is 1. The SMILES string of the molecule is OC1CCC(OCc2c(F)cccc2F)CC1. The molecule has 4 heteroatoms. The van der Waals surface area contributed by atoms with Crippen LogP contribution in [0.1, 0.15) is 31.2 Å². The number of rotatable bonds is 3. The standard InChI is InChI=1S/C13H16F2O2/c14-12-2-1-3-13(15)11(12)8-17-10-6-4-9(16)5-7-10/h1-3,9-10,16H,4-8H2.